The summed E-state index contributed by atoms with van der Waals surface area (Å²) in [6.45, 7) is 5.31. The van der Waals surface area contributed by atoms with Crippen LogP contribution in [0.1, 0.15) is 40.7 Å². The molecule has 3 heterocycles. The van der Waals surface area contributed by atoms with E-state index in [9.17, 15) is 4.79 Å². The average Bonchev–Trinajstić information content (AvgIpc) is 3.15. The molecule has 8 heteroatoms. The second kappa shape index (κ2) is 5.65. The monoisotopic (exact) mass is 290 g/mol. The molecule has 1 fully saturated rings. The van der Waals surface area contributed by atoms with Gasteiger partial charge in [-0.2, -0.15) is 10.2 Å². The molecule has 1 aliphatic heterocycles. The summed E-state index contributed by atoms with van der Waals surface area (Å²) in [6.07, 6.45) is 2.04. The van der Waals surface area contributed by atoms with Gasteiger partial charge in [0.15, 0.2) is 5.82 Å². The number of morpholine rings is 1. The highest BCUT2D eigenvalue weighted by Crippen LogP contribution is 2.21. The molecule has 2 N–H and O–H groups in total. The lowest BCUT2D eigenvalue weighted by Gasteiger charge is -2.31. The van der Waals surface area contributed by atoms with E-state index in [1.165, 1.54) is 0 Å². The van der Waals surface area contributed by atoms with Crippen LogP contribution in [0.4, 0.5) is 0 Å². The Bertz CT molecular complexity index is 634. The predicted octanol–water partition coefficient (Wildman–Crippen LogP) is 0.612. The van der Waals surface area contributed by atoms with Crippen LogP contribution in [0.25, 0.3) is 0 Å². The molecule has 0 saturated carbocycles. The largest absolute Gasteiger partial charge is 0.366 e. The van der Waals surface area contributed by atoms with E-state index < -0.39 is 0 Å². The molecule has 1 atom stereocenters. The zero-order valence-corrected chi connectivity index (χ0v) is 12.1. The number of hydrogen-bond acceptors (Lipinski definition) is 5. The lowest BCUT2D eigenvalue weighted by atomic mass is 10.1. The summed E-state index contributed by atoms with van der Waals surface area (Å²) in [5.74, 6) is 1.30. The third kappa shape index (κ3) is 2.66. The van der Waals surface area contributed by atoms with Crippen molar-refractivity contribution in [2.24, 2.45) is 0 Å². The van der Waals surface area contributed by atoms with Crippen LogP contribution in [0.5, 0.6) is 0 Å². The smallest absolute Gasteiger partial charge is 0.257 e. The Balaban J connectivity index is 1.75. The molecule has 3 rings (SSSR count). The highest BCUT2D eigenvalue weighted by atomic mass is 16.5. The molecule has 1 saturated heterocycles. The lowest BCUT2D eigenvalue weighted by Crippen LogP contribution is -2.42. The van der Waals surface area contributed by atoms with Crippen molar-refractivity contribution in [3.63, 3.8) is 0 Å². The van der Waals surface area contributed by atoms with Gasteiger partial charge in [-0.3, -0.25) is 15.0 Å². The third-order valence-electron chi connectivity index (χ3n) is 3.56. The maximum atomic E-state index is 12.6. The highest BCUT2D eigenvalue weighted by molar-refractivity contribution is 5.95. The summed E-state index contributed by atoms with van der Waals surface area (Å²) in [5.41, 5.74) is 1.49. The number of carbonyl (C=O) groups is 1. The van der Waals surface area contributed by atoms with E-state index in [4.69, 9.17) is 4.74 Å². The van der Waals surface area contributed by atoms with E-state index in [1.54, 1.807) is 11.1 Å². The number of aromatic nitrogens is 5. The van der Waals surface area contributed by atoms with Gasteiger partial charge in [0.25, 0.3) is 5.91 Å². The zero-order valence-electron chi connectivity index (χ0n) is 12.1. The fraction of sp³-hybridized carbons (Fsp3) is 0.538. The number of hydrogen-bond donors (Lipinski definition) is 2. The first-order valence-corrected chi connectivity index (χ1v) is 7.01. The van der Waals surface area contributed by atoms with Gasteiger partial charge in [-0.25, -0.2) is 4.98 Å². The Hall–Kier alpha value is -2.22. The first-order valence-electron chi connectivity index (χ1n) is 7.01. The number of nitrogens with one attached hydrogen (secondary N) is 2. The Kier molecular flexibility index (Phi) is 3.70. The van der Waals surface area contributed by atoms with Crippen molar-refractivity contribution in [2.75, 3.05) is 19.7 Å². The summed E-state index contributed by atoms with van der Waals surface area (Å²) < 4.78 is 5.67. The molecule has 1 amide bonds. The number of ether oxygens (including phenoxy) is 1. The maximum Gasteiger partial charge on any atom is 0.257 e. The second-order valence-electron chi connectivity index (χ2n) is 5.01. The Labute approximate surface area is 121 Å². The quantitative estimate of drug-likeness (QED) is 0.863. The molecule has 8 nitrogen and oxygen atoms in total. The maximum absolute atomic E-state index is 12.6. The van der Waals surface area contributed by atoms with Crippen LogP contribution in [0, 0.1) is 6.92 Å². The van der Waals surface area contributed by atoms with E-state index in [0.717, 1.165) is 17.9 Å². The van der Waals surface area contributed by atoms with Gasteiger partial charge in [0, 0.05) is 12.2 Å². The molecule has 0 radical (unpaired) electrons. The van der Waals surface area contributed by atoms with E-state index in [0.29, 0.717) is 31.1 Å². The molecule has 1 aliphatic rings. The van der Waals surface area contributed by atoms with E-state index in [2.05, 4.69) is 25.4 Å². The summed E-state index contributed by atoms with van der Waals surface area (Å²) >= 11 is 0. The minimum Gasteiger partial charge on any atom is -0.366 e. The number of aromatic amines is 2. The molecule has 21 heavy (non-hydrogen) atoms. The molecule has 2 aromatic rings. The number of H-pyrrole nitrogens is 2. The van der Waals surface area contributed by atoms with Crippen molar-refractivity contribution < 1.29 is 9.53 Å². The van der Waals surface area contributed by atoms with Crippen LogP contribution in [0.2, 0.25) is 0 Å². The SMILES string of the molecule is CCc1[nH]ncc1C(=O)N1CCOC(c2n[nH]c(C)n2)C1. The number of carbonyl (C=O) groups excluding carboxylic acids is 1. The van der Waals surface area contributed by atoms with Crippen molar-refractivity contribution in [1.29, 1.82) is 0 Å². The lowest BCUT2D eigenvalue weighted by molar-refractivity contribution is -0.0267. The summed E-state index contributed by atoms with van der Waals surface area (Å²) in [6, 6.07) is 0. The van der Waals surface area contributed by atoms with Gasteiger partial charge in [0.2, 0.25) is 0 Å². The number of nitrogens with zero attached hydrogens (tertiary/aromatic N) is 4. The molecular weight excluding hydrogens is 272 g/mol. The fourth-order valence-electron chi connectivity index (χ4n) is 2.43. The minimum absolute atomic E-state index is 0.0267. The van der Waals surface area contributed by atoms with E-state index in [-0.39, 0.29) is 12.0 Å². The molecule has 112 valence electrons. The number of aryl methyl sites for hydroxylation is 2. The van der Waals surface area contributed by atoms with Gasteiger partial charge in [0.05, 0.1) is 24.9 Å². The van der Waals surface area contributed by atoms with Gasteiger partial charge < -0.3 is 9.64 Å². The molecular formula is C13H18N6O2. The normalized spacial score (nSPS) is 19.0. The van der Waals surface area contributed by atoms with Crippen molar-refractivity contribution in [3.05, 3.63) is 29.1 Å². The molecule has 0 bridgehead atoms. The first kappa shape index (κ1) is 13.7. The van der Waals surface area contributed by atoms with Crippen molar-refractivity contribution in [2.45, 2.75) is 26.4 Å². The van der Waals surface area contributed by atoms with Gasteiger partial charge in [-0.15, -0.1) is 0 Å². The topological polar surface area (TPSA) is 99.8 Å². The van der Waals surface area contributed by atoms with Crippen LogP contribution in [-0.4, -0.2) is 55.9 Å². The van der Waals surface area contributed by atoms with E-state index in [1.807, 2.05) is 13.8 Å². The standard InChI is InChI=1S/C13H18N6O2/c1-3-10-9(6-14-17-10)13(20)19-4-5-21-11(7-19)12-15-8(2)16-18-12/h6,11H,3-5,7H2,1-2H3,(H,14,17)(H,15,16,18). The molecule has 1 unspecified atom stereocenters. The third-order valence-corrected chi connectivity index (χ3v) is 3.56. The van der Waals surface area contributed by atoms with Crippen molar-refractivity contribution >= 4 is 5.91 Å². The molecule has 2 aromatic heterocycles. The van der Waals surface area contributed by atoms with Crippen molar-refractivity contribution in [3.8, 4) is 0 Å². The number of amides is 1. The van der Waals surface area contributed by atoms with Gasteiger partial charge in [-0.05, 0) is 13.3 Å². The molecule has 0 spiro atoms. The fourth-order valence-corrected chi connectivity index (χ4v) is 2.43. The van der Waals surface area contributed by atoms with Crippen LogP contribution < -0.4 is 0 Å². The van der Waals surface area contributed by atoms with E-state index >= 15 is 0 Å². The van der Waals surface area contributed by atoms with Crippen LogP contribution in [0.15, 0.2) is 6.20 Å². The summed E-state index contributed by atoms with van der Waals surface area (Å²) in [5, 5.41) is 13.7. The van der Waals surface area contributed by atoms with Crippen molar-refractivity contribution in [1.82, 2.24) is 30.3 Å². The summed E-state index contributed by atoms with van der Waals surface area (Å²) in [4.78, 5) is 18.6. The second-order valence-corrected chi connectivity index (χ2v) is 5.01. The highest BCUT2D eigenvalue weighted by Gasteiger charge is 2.29. The molecule has 0 aromatic carbocycles. The van der Waals surface area contributed by atoms with Crippen LogP contribution >= 0.6 is 0 Å². The Morgan fingerprint density at radius 3 is 3.10 bits per heavy atom. The van der Waals surface area contributed by atoms with Gasteiger partial charge in [-0.1, -0.05) is 6.92 Å². The minimum atomic E-state index is -0.287. The number of rotatable bonds is 3. The Morgan fingerprint density at radius 1 is 1.52 bits per heavy atom. The average molecular weight is 290 g/mol. The first-order chi connectivity index (χ1) is 10.2. The summed E-state index contributed by atoms with van der Waals surface area (Å²) in [7, 11) is 0. The predicted molar refractivity (Wildman–Crippen MR) is 73.7 cm³/mol. The molecule has 0 aliphatic carbocycles. The Morgan fingerprint density at radius 2 is 2.38 bits per heavy atom. The zero-order chi connectivity index (χ0) is 14.8. The van der Waals surface area contributed by atoms with Gasteiger partial charge >= 0.3 is 0 Å². The van der Waals surface area contributed by atoms with Crippen LogP contribution in [-0.2, 0) is 11.2 Å². The van der Waals surface area contributed by atoms with Crippen LogP contribution in [0.3, 0.4) is 0 Å². The van der Waals surface area contributed by atoms with Gasteiger partial charge in [0.1, 0.15) is 11.9 Å².